The van der Waals surface area contributed by atoms with Gasteiger partial charge in [-0.15, -0.1) is 0 Å². The molecule has 0 aliphatic heterocycles. The average Bonchev–Trinajstić information content (AvgIpc) is 2.83. The normalized spacial score (nSPS) is 11.9. The first-order valence-corrected chi connectivity index (χ1v) is 6.13. The molecule has 0 saturated carbocycles. The number of carbonyl (C=O) groups excluding carboxylic acids is 1. The van der Waals surface area contributed by atoms with Crippen molar-refractivity contribution < 1.29 is 4.79 Å². The van der Waals surface area contributed by atoms with E-state index in [2.05, 4.69) is 22.1 Å². The summed E-state index contributed by atoms with van der Waals surface area (Å²) in [6, 6.07) is 9.35. The molecule has 0 aliphatic carbocycles. The first-order chi connectivity index (χ1) is 9.11. The zero-order valence-corrected chi connectivity index (χ0v) is 11.1. The molecule has 1 unspecified atom stereocenters. The number of aromatic amines is 1. The molecule has 98 valence electrons. The first kappa shape index (κ1) is 13.1. The topological polar surface area (TPSA) is 57.8 Å². The molecule has 4 nitrogen and oxygen atoms in total. The van der Waals surface area contributed by atoms with Crippen LogP contribution in [0, 0.1) is 6.92 Å². The lowest BCUT2D eigenvalue weighted by atomic mass is 9.97. The number of rotatable bonds is 5. The first-order valence-electron chi connectivity index (χ1n) is 6.13. The summed E-state index contributed by atoms with van der Waals surface area (Å²) < 4.78 is 0. The summed E-state index contributed by atoms with van der Waals surface area (Å²) in [5.74, 6) is 0.773. The molecule has 4 heteroatoms. The summed E-state index contributed by atoms with van der Waals surface area (Å²) in [5.41, 5.74) is 3.38. The highest BCUT2D eigenvalue weighted by molar-refractivity contribution is 5.86. The van der Waals surface area contributed by atoms with E-state index in [-0.39, 0.29) is 6.04 Å². The number of anilines is 1. The Kier molecular flexibility index (Phi) is 3.80. The van der Waals surface area contributed by atoms with Gasteiger partial charge in [-0.25, -0.2) is 0 Å². The molecule has 0 saturated heterocycles. The fourth-order valence-corrected chi connectivity index (χ4v) is 1.93. The number of carbonyl (C=O) groups is 1. The molecule has 0 amide bonds. The number of aryl methyl sites for hydroxylation is 1. The number of nitrogens with zero attached hydrogens (tertiary/aromatic N) is 1. The van der Waals surface area contributed by atoms with Gasteiger partial charge in [0.1, 0.15) is 5.82 Å². The van der Waals surface area contributed by atoms with Crippen LogP contribution in [0.15, 0.2) is 36.9 Å². The number of hydrogen-bond donors (Lipinski definition) is 2. The molecule has 1 atom stereocenters. The summed E-state index contributed by atoms with van der Waals surface area (Å²) in [7, 11) is 0. The van der Waals surface area contributed by atoms with Crippen molar-refractivity contribution in [3.05, 3.63) is 53.7 Å². The van der Waals surface area contributed by atoms with Gasteiger partial charge in [0.15, 0.2) is 6.29 Å². The molecule has 2 rings (SSSR count). The number of H-pyrrole nitrogens is 1. The minimum atomic E-state index is -0.0104. The standard InChI is InChI=1S/C15H17N3O/c1-10-8-15(18-17-10)16-12(3)11(2)14-7-5-4-6-13(14)9-19/h4-9,12H,2H2,1,3H3,(H2,16,17,18). The van der Waals surface area contributed by atoms with E-state index in [1.54, 1.807) is 6.07 Å². The van der Waals surface area contributed by atoms with Crippen molar-refractivity contribution in [2.75, 3.05) is 5.32 Å². The Morgan fingerprint density at radius 3 is 2.84 bits per heavy atom. The molecule has 1 heterocycles. The van der Waals surface area contributed by atoms with Crippen LogP contribution in [0.1, 0.15) is 28.5 Å². The second kappa shape index (κ2) is 5.52. The number of aromatic nitrogens is 2. The second-order valence-electron chi connectivity index (χ2n) is 4.53. The maximum Gasteiger partial charge on any atom is 0.150 e. The van der Waals surface area contributed by atoms with Crippen LogP contribution >= 0.6 is 0 Å². The summed E-state index contributed by atoms with van der Waals surface area (Å²) >= 11 is 0. The van der Waals surface area contributed by atoms with Crippen molar-refractivity contribution >= 4 is 17.7 Å². The predicted octanol–water partition coefficient (Wildman–Crippen LogP) is 3.04. The Labute approximate surface area is 112 Å². The van der Waals surface area contributed by atoms with Gasteiger partial charge in [-0.05, 0) is 25.0 Å². The Morgan fingerprint density at radius 2 is 2.21 bits per heavy atom. The molecule has 1 aromatic carbocycles. The van der Waals surface area contributed by atoms with E-state index in [1.165, 1.54) is 0 Å². The lowest BCUT2D eigenvalue weighted by Gasteiger charge is -2.17. The molecule has 2 aromatic rings. The van der Waals surface area contributed by atoms with Crippen molar-refractivity contribution in [2.45, 2.75) is 19.9 Å². The van der Waals surface area contributed by atoms with Crippen molar-refractivity contribution in [3.8, 4) is 0 Å². The van der Waals surface area contributed by atoms with Crippen LogP contribution in [0.5, 0.6) is 0 Å². The number of aldehydes is 1. The summed E-state index contributed by atoms with van der Waals surface area (Å²) in [4.78, 5) is 11.0. The number of hydrogen-bond acceptors (Lipinski definition) is 3. The number of benzene rings is 1. The highest BCUT2D eigenvalue weighted by atomic mass is 16.1. The predicted molar refractivity (Wildman–Crippen MR) is 77.3 cm³/mol. The summed E-state index contributed by atoms with van der Waals surface area (Å²) in [6.07, 6.45) is 0.853. The van der Waals surface area contributed by atoms with Crippen molar-refractivity contribution in [1.82, 2.24) is 10.2 Å². The quantitative estimate of drug-likeness (QED) is 0.807. The van der Waals surface area contributed by atoms with Gasteiger partial charge in [0.2, 0.25) is 0 Å². The Morgan fingerprint density at radius 1 is 1.47 bits per heavy atom. The van der Waals surface area contributed by atoms with E-state index in [9.17, 15) is 4.79 Å². The lowest BCUT2D eigenvalue weighted by molar-refractivity contribution is 0.112. The zero-order valence-electron chi connectivity index (χ0n) is 11.1. The minimum absolute atomic E-state index is 0.0104. The molecule has 0 spiro atoms. The molecule has 0 fully saturated rings. The Hall–Kier alpha value is -2.36. The van der Waals surface area contributed by atoms with Gasteiger partial charge in [-0.2, -0.15) is 5.10 Å². The van der Waals surface area contributed by atoms with Crippen molar-refractivity contribution in [1.29, 1.82) is 0 Å². The zero-order chi connectivity index (χ0) is 13.8. The van der Waals surface area contributed by atoms with Crippen LogP contribution in [-0.2, 0) is 0 Å². The van der Waals surface area contributed by atoms with Gasteiger partial charge in [-0.3, -0.25) is 9.89 Å². The van der Waals surface area contributed by atoms with Crippen LogP contribution in [0.2, 0.25) is 0 Å². The fourth-order valence-electron chi connectivity index (χ4n) is 1.93. The van der Waals surface area contributed by atoms with E-state index < -0.39 is 0 Å². The van der Waals surface area contributed by atoms with Crippen LogP contribution in [0.4, 0.5) is 5.82 Å². The molecule has 1 aromatic heterocycles. The fraction of sp³-hybridized carbons (Fsp3) is 0.200. The Balaban J connectivity index is 2.17. The van der Waals surface area contributed by atoms with Gasteiger partial charge in [0, 0.05) is 17.3 Å². The van der Waals surface area contributed by atoms with Gasteiger partial charge < -0.3 is 5.32 Å². The maximum absolute atomic E-state index is 11.0. The summed E-state index contributed by atoms with van der Waals surface area (Å²) in [6.45, 7) is 8.01. The SMILES string of the molecule is C=C(c1ccccc1C=O)C(C)Nc1cc(C)[nH]n1. The Bertz CT molecular complexity index is 601. The number of nitrogens with one attached hydrogen (secondary N) is 2. The van der Waals surface area contributed by atoms with Crippen LogP contribution in [0.3, 0.4) is 0 Å². The molecular formula is C15H17N3O. The molecule has 0 aliphatic rings. The smallest absolute Gasteiger partial charge is 0.150 e. The maximum atomic E-state index is 11.0. The lowest BCUT2D eigenvalue weighted by Crippen LogP contribution is -2.17. The average molecular weight is 255 g/mol. The molecule has 2 N–H and O–H groups in total. The van der Waals surface area contributed by atoms with Crippen molar-refractivity contribution in [3.63, 3.8) is 0 Å². The van der Waals surface area contributed by atoms with Gasteiger partial charge in [0.25, 0.3) is 0 Å². The van der Waals surface area contributed by atoms with E-state index in [4.69, 9.17) is 0 Å². The van der Waals surface area contributed by atoms with E-state index in [1.807, 2.05) is 38.1 Å². The second-order valence-corrected chi connectivity index (χ2v) is 4.53. The van der Waals surface area contributed by atoms with Crippen LogP contribution in [0.25, 0.3) is 5.57 Å². The third-order valence-corrected chi connectivity index (χ3v) is 3.03. The van der Waals surface area contributed by atoms with Crippen LogP contribution in [-0.4, -0.2) is 22.5 Å². The minimum Gasteiger partial charge on any atom is -0.362 e. The van der Waals surface area contributed by atoms with Crippen LogP contribution < -0.4 is 5.32 Å². The van der Waals surface area contributed by atoms with Gasteiger partial charge in [0.05, 0.1) is 6.04 Å². The highest BCUT2D eigenvalue weighted by Crippen LogP contribution is 2.21. The largest absolute Gasteiger partial charge is 0.362 e. The summed E-state index contributed by atoms with van der Waals surface area (Å²) in [5, 5.41) is 10.3. The van der Waals surface area contributed by atoms with Gasteiger partial charge in [-0.1, -0.05) is 30.8 Å². The van der Waals surface area contributed by atoms with E-state index in [0.717, 1.165) is 28.9 Å². The third-order valence-electron chi connectivity index (χ3n) is 3.03. The molecular weight excluding hydrogens is 238 g/mol. The highest BCUT2D eigenvalue weighted by Gasteiger charge is 2.12. The van der Waals surface area contributed by atoms with E-state index >= 15 is 0 Å². The molecule has 0 bridgehead atoms. The third kappa shape index (κ3) is 2.91. The monoisotopic (exact) mass is 255 g/mol. The molecule has 0 radical (unpaired) electrons. The van der Waals surface area contributed by atoms with Gasteiger partial charge >= 0.3 is 0 Å². The molecule has 19 heavy (non-hydrogen) atoms. The van der Waals surface area contributed by atoms with Crippen molar-refractivity contribution in [2.24, 2.45) is 0 Å². The van der Waals surface area contributed by atoms with E-state index in [0.29, 0.717) is 5.56 Å².